The first kappa shape index (κ1) is 17.5. The summed E-state index contributed by atoms with van der Waals surface area (Å²) in [6.07, 6.45) is 1.35. The van der Waals surface area contributed by atoms with Crippen molar-refractivity contribution in [3.8, 4) is 11.4 Å². The standard InChI is InChI=1S/C19H17N7O2/c1-11(2)26-24-17(23-25-26)12-3-5-13(6-4-12)18(27)22-14-7-8-16-15(9-14)19(28)21-10-20-16/h3-11H,1-2H3,(H,22,27)(H,20,21,28). The van der Waals surface area contributed by atoms with Crippen LogP contribution in [0.3, 0.4) is 0 Å². The van der Waals surface area contributed by atoms with Crippen molar-refractivity contribution in [1.82, 2.24) is 30.2 Å². The van der Waals surface area contributed by atoms with Crippen molar-refractivity contribution in [3.05, 3.63) is 64.7 Å². The van der Waals surface area contributed by atoms with E-state index in [2.05, 4.69) is 30.7 Å². The zero-order valence-corrected chi connectivity index (χ0v) is 15.2. The van der Waals surface area contributed by atoms with Crippen LogP contribution in [0, 0.1) is 0 Å². The van der Waals surface area contributed by atoms with Crippen LogP contribution in [-0.4, -0.2) is 36.1 Å². The summed E-state index contributed by atoms with van der Waals surface area (Å²) >= 11 is 0. The van der Waals surface area contributed by atoms with Crippen LogP contribution in [0.2, 0.25) is 0 Å². The number of nitrogens with zero attached hydrogens (tertiary/aromatic N) is 5. The molecule has 4 aromatic rings. The number of fused-ring (bicyclic) bond motifs is 1. The van der Waals surface area contributed by atoms with E-state index in [1.54, 1.807) is 42.5 Å². The topological polar surface area (TPSA) is 118 Å². The number of aromatic nitrogens is 6. The maximum atomic E-state index is 12.5. The Hall–Kier alpha value is -3.88. The van der Waals surface area contributed by atoms with Gasteiger partial charge < -0.3 is 10.3 Å². The van der Waals surface area contributed by atoms with E-state index in [1.165, 1.54) is 11.1 Å². The molecule has 0 unspecified atom stereocenters. The Bertz CT molecular complexity index is 1210. The largest absolute Gasteiger partial charge is 0.322 e. The van der Waals surface area contributed by atoms with Crippen molar-refractivity contribution in [2.75, 3.05) is 5.32 Å². The molecule has 0 radical (unpaired) electrons. The SMILES string of the molecule is CC(C)n1nnc(-c2ccc(C(=O)Nc3ccc4nc[nH]c(=O)c4c3)cc2)n1. The molecular weight excluding hydrogens is 358 g/mol. The second-order valence-electron chi connectivity index (χ2n) is 6.52. The van der Waals surface area contributed by atoms with Gasteiger partial charge in [0.25, 0.3) is 11.5 Å². The molecule has 2 aromatic carbocycles. The lowest BCUT2D eigenvalue weighted by Gasteiger charge is -2.06. The van der Waals surface area contributed by atoms with Crippen molar-refractivity contribution < 1.29 is 4.79 Å². The highest BCUT2D eigenvalue weighted by atomic mass is 16.1. The quantitative estimate of drug-likeness (QED) is 0.565. The zero-order valence-electron chi connectivity index (χ0n) is 15.2. The molecule has 2 N–H and O–H groups in total. The molecule has 0 fully saturated rings. The second kappa shape index (κ2) is 7.03. The van der Waals surface area contributed by atoms with E-state index in [-0.39, 0.29) is 17.5 Å². The molecule has 0 bridgehead atoms. The van der Waals surface area contributed by atoms with Gasteiger partial charge in [0.05, 0.1) is 23.3 Å². The lowest BCUT2D eigenvalue weighted by atomic mass is 10.1. The minimum Gasteiger partial charge on any atom is -0.322 e. The summed E-state index contributed by atoms with van der Waals surface area (Å²) in [5.41, 5.74) is 2.06. The smallest absolute Gasteiger partial charge is 0.258 e. The van der Waals surface area contributed by atoms with Gasteiger partial charge in [0.1, 0.15) is 0 Å². The highest BCUT2D eigenvalue weighted by molar-refractivity contribution is 6.05. The van der Waals surface area contributed by atoms with E-state index in [9.17, 15) is 9.59 Å². The van der Waals surface area contributed by atoms with Crippen LogP contribution in [-0.2, 0) is 0 Å². The van der Waals surface area contributed by atoms with Crippen LogP contribution in [0.4, 0.5) is 5.69 Å². The average molecular weight is 375 g/mol. The fourth-order valence-electron chi connectivity index (χ4n) is 2.68. The number of benzene rings is 2. The number of nitrogens with one attached hydrogen (secondary N) is 2. The van der Waals surface area contributed by atoms with E-state index in [4.69, 9.17) is 0 Å². The number of tetrazole rings is 1. The first-order valence-corrected chi connectivity index (χ1v) is 8.70. The summed E-state index contributed by atoms with van der Waals surface area (Å²) in [5, 5.41) is 15.5. The van der Waals surface area contributed by atoms with E-state index < -0.39 is 0 Å². The summed E-state index contributed by atoms with van der Waals surface area (Å²) in [6.45, 7) is 3.94. The maximum absolute atomic E-state index is 12.5. The number of carbonyl (C=O) groups excluding carboxylic acids is 1. The van der Waals surface area contributed by atoms with Crippen molar-refractivity contribution in [2.45, 2.75) is 19.9 Å². The monoisotopic (exact) mass is 375 g/mol. The Kier molecular flexibility index (Phi) is 4.40. The van der Waals surface area contributed by atoms with Crippen LogP contribution < -0.4 is 10.9 Å². The first-order chi connectivity index (χ1) is 13.5. The van der Waals surface area contributed by atoms with Gasteiger partial charge in [-0.3, -0.25) is 9.59 Å². The third-order valence-electron chi connectivity index (χ3n) is 4.19. The molecular formula is C19H17N7O2. The van der Waals surface area contributed by atoms with Gasteiger partial charge in [-0.15, -0.1) is 10.2 Å². The minimum absolute atomic E-state index is 0.121. The number of aromatic amines is 1. The van der Waals surface area contributed by atoms with E-state index in [1.807, 2.05) is 13.8 Å². The Balaban J connectivity index is 1.53. The summed E-state index contributed by atoms with van der Waals surface area (Å²) in [6, 6.07) is 12.0. The Morgan fingerprint density at radius 1 is 1.14 bits per heavy atom. The molecule has 28 heavy (non-hydrogen) atoms. The molecule has 0 saturated carbocycles. The van der Waals surface area contributed by atoms with Gasteiger partial charge in [0, 0.05) is 16.8 Å². The average Bonchev–Trinajstić information content (AvgIpc) is 3.19. The highest BCUT2D eigenvalue weighted by Crippen LogP contribution is 2.18. The molecule has 140 valence electrons. The third kappa shape index (κ3) is 3.37. The molecule has 9 heteroatoms. The molecule has 2 aromatic heterocycles. The van der Waals surface area contributed by atoms with Gasteiger partial charge in [-0.25, -0.2) is 4.98 Å². The fourth-order valence-corrected chi connectivity index (χ4v) is 2.68. The molecule has 2 heterocycles. The molecule has 9 nitrogen and oxygen atoms in total. The number of hydrogen-bond donors (Lipinski definition) is 2. The Labute approximate surface area is 159 Å². The van der Waals surface area contributed by atoms with Crippen LogP contribution in [0.25, 0.3) is 22.3 Å². The molecule has 0 aliphatic rings. The Morgan fingerprint density at radius 2 is 1.93 bits per heavy atom. The maximum Gasteiger partial charge on any atom is 0.258 e. The summed E-state index contributed by atoms with van der Waals surface area (Å²) in [7, 11) is 0. The van der Waals surface area contributed by atoms with Gasteiger partial charge in [0.2, 0.25) is 5.82 Å². The van der Waals surface area contributed by atoms with Gasteiger partial charge in [0.15, 0.2) is 0 Å². The van der Waals surface area contributed by atoms with Gasteiger partial charge >= 0.3 is 0 Å². The number of H-pyrrole nitrogens is 1. The third-order valence-corrected chi connectivity index (χ3v) is 4.19. The summed E-state index contributed by atoms with van der Waals surface area (Å²) in [4.78, 5) is 32.5. The normalized spacial score (nSPS) is 11.1. The van der Waals surface area contributed by atoms with Gasteiger partial charge in [-0.2, -0.15) is 4.80 Å². The molecule has 0 saturated heterocycles. The predicted molar refractivity (Wildman–Crippen MR) is 104 cm³/mol. The lowest BCUT2D eigenvalue weighted by Crippen LogP contribution is -2.13. The number of hydrogen-bond acceptors (Lipinski definition) is 6. The molecule has 0 aliphatic carbocycles. The number of amides is 1. The van der Waals surface area contributed by atoms with Crippen LogP contribution in [0.5, 0.6) is 0 Å². The van der Waals surface area contributed by atoms with Crippen molar-refractivity contribution >= 4 is 22.5 Å². The van der Waals surface area contributed by atoms with Crippen LogP contribution in [0.15, 0.2) is 53.6 Å². The zero-order chi connectivity index (χ0) is 19.7. The van der Waals surface area contributed by atoms with Crippen molar-refractivity contribution in [3.63, 3.8) is 0 Å². The number of carbonyl (C=O) groups is 1. The van der Waals surface area contributed by atoms with Crippen molar-refractivity contribution in [1.29, 1.82) is 0 Å². The fraction of sp³-hybridized carbons (Fsp3) is 0.158. The van der Waals surface area contributed by atoms with Crippen LogP contribution in [0.1, 0.15) is 30.2 Å². The minimum atomic E-state index is -0.287. The predicted octanol–water partition coefficient (Wildman–Crippen LogP) is 2.41. The highest BCUT2D eigenvalue weighted by Gasteiger charge is 2.11. The van der Waals surface area contributed by atoms with Crippen molar-refractivity contribution in [2.24, 2.45) is 0 Å². The molecule has 4 rings (SSSR count). The first-order valence-electron chi connectivity index (χ1n) is 8.70. The molecule has 0 aliphatic heterocycles. The van der Waals surface area contributed by atoms with E-state index >= 15 is 0 Å². The lowest BCUT2D eigenvalue weighted by molar-refractivity contribution is 0.102. The molecule has 0 atom stereocenters. The molecule has 0 spiro atoms. The summed E-state index contributed by atoms with van der Waals surface area (Å²) < 4.78 is 0. The summed E-state index contributed by atoms with van der Waals surface area (Å²) in [5.74, 6) is 0.215. The Morgan fingerprint density at radius 3 is 2.64 bits per heavy atom. The van der Waals surface area contributed by atoms with E-state index in [0.29, 0.717) is 28.0 Å². The number of anilines is 1. The second-order valence-corrected chi connectivity index (χ2v) is 6.52. The number of rotatable bonds is 4. The van der Waals surface area contributed by atoms with E-state index in [0.717, 1.165) is 5.56 Å². The van der Waals surface area contributed by atoms with Crippen LogP contribution >= 0.6 is 0 Å². The van der Waals surface area contributed by atoms with Gasteiger partial charge in [-0.05, 0) is 49.4 Å². The van der Waals surface area contributed by atoms with Gasteiger partial charge in [-0.1, -0.05) is 12.1 Å². The molecule has 1 amide bonds.